The third-order valence-corrected chi connectivity index (χ3v) is 10.6. The number of aliphatic hydroxyl groups is 1. The van der Waals surface area contributed by atoms with Gasteiger partial charge in [0.15, 0.2) is 6.10 Å². The Hall–Kier alpha value is -2.74. The molecule has 1 fully saturated rings. The first-order valence-corrected chi connectivity index (χ1v) is 25.4. The number of aliphatic hydroxyl groups excluding tert-OH is 1. The minimum atomic E-state index is -4.88. The highest BCUT2D eigenvalue weighted by atomic mass is 31.2. The molecule has 0 aromatic carbocycles. The van der Waals surface area contributed by atoms with Gasteiger partial charge < -0.3 is 34.0 Å². The minimum absolute atomic E-state index is 0.0324. The molecule has 1 heterocycles. The number of esters is 2. The van der Waals surface area contributed by atoms with E-state index in [1.165, 1.54) is 19.3 Å². The summed E-state index contributed by atoms with van der Waals surface area (Å²) in [5.41, 5.74) is 0. The maximum atomic E-state index is 12.8. The summed E-state index contributed by atoms with van der Waals surface area (Å²) in [5, 5.41) is 9.76. The van der Waals surface area contributed by atoms with Crippen molar-refractivity contribution in [3.05, 3.63) is 85.1 Å². The highest BCUT2D eigenvalue weighted by Crippen LogP contribution is 2.44. The molecule has 0 bridgehead atoms. The van der Waals surface area contributed by atoms with Crippen molar-refractivity contribution >= 4 is 27.6 Å². The lowest BCUT2D eigenvalue weighted by Gasteiger charge is -2.20. The van der Waals surface area contributed by atoms with Crippen LogP contribution in [0.3, 0.4) is 0 Å². The molecule has 4 N–H and O–H groups in total. The molecule has 1 aliphatic rings. The zero-order valence-corrected chi connectivity index (χ0v) is 38.9. The van der Waals surface area contributed by atoms with Crippen LogP contribution in [0.2, 0.25) is 0 Å². The average Bonchev–Trinajstić information content (AvgIpc) is 3.99. The van der Waals surface area contributed by atoms with Gasteiger partial charge in [0, 0.05) is 12.8 Å². The van der Waals surface area contributed by atoms with Gasteiger partial charge in [0.1, 0.15) is 12.7 Å². The van der Waals surface area contributed by atoms with E-state index in [9.17, 15) is 28.7 Å². The van der Waals surface area contributed by atoms with E-state index in [0.29, 0.717) is 19.3 Å². The number of phosphoric acid groups is 2. The molecule has 1 saturated heterocycles. The lowest BCUT2D eigenvalue weighted by molar-refractivity contribution is -0.161. The van der Waals surface area contributed by atoms with Crippen molar-refractivity contribution in [2.24, 2.45) is 0 Å². The van der Waals surface area contributed by atoms with Crippen LogP contribution in [-0.4, -0.2) is 82.6 Å². The van der Waals surface area contributed by atoms with Crippen molar-refractivity contribution in [2.45, 2.75) is 167 Å². The van der Waals surface area contributed by atoms with Crippen LogP contribution in [0.5, 0.6) is 0 Å². The van der Waals surface area contributed by atoms with Crippen molar-refractivity contribution in [2.75, 3.05) is 26.4 Å². The summed E-state index contributed by atoms with van der Waals surface area (Å²) in [6, 6.07) is 0. The van der Waals surface area contributed by atoms with E-state index in [2.05, 4.69) is 108 Å². The van der Waals surface area contributed by atoms with Gasteiger partial charge in [-0.1, -0.05) is 125 Å². The van der Waals surface area contributed by atoms with E-state index in [4.69, 9.17) is 28.5 Å². The predicted octanol–water partition coefficient (Wildman–Crippen LogP) is 10.5. The van der Waals surface area contributed by atoms with E-state index < -0.39 is 66.2 Å². The first-order chi connectivity index (χ1) is 29.8. The molecule has 16 heteroatoms. The average molecular weight is 915 g/mol. The number of phosphoric ester groups is 2. The normalized spacial score (nSPS) is 18.0. The van der Waals surface area contributed by atoms with Gasteiger partial charge in [-0.15, -0.1) is 0 Å². The van der Waals surface area contributed by atoms with Crippen LogP contribution in [0, 0.1) is 0 Å². The van der Waals surface area contributed by atoms with Gasteiger partial charge in [-0.25, -0.2) is 9.13 Å². The molecule has 14 nitrogen and oxygen atoms in total. The highest BCUT2D eigenvalue weighted by molar-refractivity contribution is 7.47. The monoisotopic (exact) mass is 914 g/mol. The molecule has 62 heavy (non-hydrogen) atoms. The molecule has 1 aliphatic heterocycles. The zero-order valence-electron chi connectivity index (χ0n) is 37.1. The minimum Gasteiger partial charge on any atom is -0.462 e. The third-order valence-electron chi connectivity index (χ3n) is 9.18. The molecule has 5 atom stereocenters. The number of carbonyl (C=O) groups is 2. The van der Waals surface area contributed by atoms with Crippen molar-refractivity contribution in [1.29, 1.82) is 0 Å². The third kappa shape index (κ3) is 37.8. The van der Waals surface area contributed by atoms with Gasteiger partial charge in [-0.3, -0.25) is 23.2 Å². The second-order valence-corrected chi connectivity index (χ2v) is 17.7. The number of ether oxygens (including phenoxy) is 3. The van der Waals surface area contributed by atoms with E-state index >= 15 is 0 Å². The molecular weight excluding hydrogens is 838 g/mol. The number of carbonyl (C=O) groups excluding carboxylic acids is 2. The standard InChI is InChI=1S/C46H76O14P2/c1-3-5-7-9-11-13-15-17-18-19-20-21-23-25-27-29-31-35-45(48)55-39-42(40-58-62(53,54)57-38-41(47)37-56-61(50,51)52)59-46(49)36-32-34-44-43(60-44)33-30-28-26-24-22-16-14-12-10-8-6-4-2/h5,7,11-14,17-18,20-22,24,28,30,41-44,47H,3-4,6,8-10,15-16,19,23,25-27,29,31-40H2,1-2H3,(H,53,54)(H2,50,51,52)/b7-5-,13-11-,14-12-,18-17-,21-20-,24-22-,30-28-/t41-,42+,43?,44?/m0/s1. The van der Waals surface area contributed by atoms with Crippen LogP contribution >= 0.6 is 15.6 Å². The second kappa shape index (κ2) is 37.6. The zero-order chi connectivity index (χ0) is 45.6. The number of epoxide rings is 1. The molecule has 0 aromatic rings. The summed E-state index contributed by atoms with van der Waals surface area (Å²) in [6.45, 7) is 1.49. The topological polar surface area (TPSA) is 208 Å². The van der Waals surface area contributed by atoms with E-state index in [1.807, 2.05) is 0 Å². The molecule has 0 saturated carbocycles. The van der Waals surface area contributed by atoms with Crippen molar-refractivity contribution in [3.8, 4) is 0 Å². The molecule has 1 rings (SSSR count). The molecule has 0 aromatic heterocycles. The summed E-state index contributed by atoms with van der Waals surface area (Å²) < 4.78 is 53.6. The number of hydrogen-bond donors (Lipinski definition) is 4. The Balaban J connectivity index is 2.44. The molecule has 0 aliphatic carbocycles. The smallest absolute Gasteiger partial charge is 0.462 e. The fourth-order valence-electron chi connectivity index (χ4n) is 5.72. The largest absolute Gasteiger partial charge is 0.472 e. The SMILES string of the molecule is CC/C=C\C/C=C\C/C=C\C/C=C\CCCCCCC(=O)OC[C@H](COP(=O)(O)OC[C@@H](O)COP(=O)(O)O)OC(=O)CCCC1OC1C/C=C\C/C=C\C/C=C\CCCCC. The summed E-state index contributed by atoms with van der Waals surface area (Å²) in [7, 11) is -9.72. The molecule has 3 unspecified atom stereocenters. The van der Waals surface area contributed by atoms with E-state index in [1.54, 1.807) is 0 Å². The first kappa shape index (κ1) is 57.3. The molecule has 0 amide bonds. The summed E-state index contributed by atoms with van der Waals surface area (Å²) in [4.78, 5) is 52.9. The second-order valence-electron chi connectivity index (χ2n) is 15.0. The van der Waals surface area contributed by atoms with Crippen molar-refractivity contribution < 1.29 is 66.3 Å². The molecule has 354 valence electrons. The first-order valence-electron chi connectivity index (χ1n) is 22.4. The van der Waals surface area contributed by atoms with Crippen LogP contribution in [0.4, 0.5) is 0 Å². The maximum absolute atomic E-state index is 12.8. The molecule has 0 spiro atoms. The highest BCUT2D eigenvalue weighted by Gasteiger charge is 2.37. The number of allylic oxidation sites excluding steroid dienone is 13. The Morgan fingerprint density at radius 2 is 1.10 bits per heavy atom. The van der Waals surface area contributed by atoms with Gasteiger partial charge in [0.05, 0.1) is 32.0 Å². The predicted molar refractivity (Wildman–Crippen MR) is 243 cm³/mol. The summed E-state index contributed by atoms with van der Waals surface area (Å²) in [5.74, 6) is -1.14. The van der Waals surface area contributed by atoms with Crippen LogP contribution in [0.25, 0.3) is 0 Å². The maximum Gasteiger partial charge on any atom is 0.472 e. The fourth-order valence-corrected chi connectivity index (χ4v) is 6.87. The lowest BCUT2D eigenvalue weighted by atomic mass is 10.1. The number of rotatable bonds is 40. The van der Waals surface area contributed by atoms with E-state index in [0.717, 1.165) is 77.0 Å². The van der Waals surface area contributed by atoms with Gasteiger partial charge in [0.2, 0.25) is 0 Å². The summed E-state index contributed by atoms with van der Waals surface area (Å²) >= 11 is 0. The van der Waals surface area contributed by atoms with Crippen LogP contribution < -0.4 is 0 Å². The van der Waals surface area contributed by atoms with Crippen LogP contribution in [-0.2, 0) is 46.5 Å². The Kier molecular flexibility index (Phi) is 34.8. The lowest BCUT2D eigenvalue weighted by Crippen LogP contribution is -2.30. The van der Waals surface area contributed by atoms with Gasteiger partial charge in [0.25, 0.3) is 0 Å². The van der Waals surface area contributed by atoms with Gasteiger partial charge >= 0.3 is 27.6 Å². The van der Waals surface area contributed by atoms with Crippen molar-refractivity contribution in [3.63, 3.8) is 0 Å². The van der Waals surface area contributed by atoms with Crippen LogP contribution in [0.1, 0.15) is 142 Å². The van der Waals surface area contributed by atoms with E-state index in [-0.39, 0.29) is 25.0 Å². The van der Waals surface area contributed by atoms with Gasteiger partial charge in [-0.05, 0) is 89.9 Å². The Morgan fingerprint density at radius 3 is 1.69 bits per heavy atom. The quantitative estimate of drug-likeness (QED) is 0.0148. The van der Waals surface area contributed by atoms with Crippen molar-refractivity contribution in [1.82, 2.24) is 0 Å². The Bertz CT molecular complexity index is 1480. The summed E-state index contributed by atoms with van der Waals surface area (Å²) in [6.07, 6.45) is 44.5. The Labute approximate surface area is 371 Å². The number of hydrogen-bond acceptors (Lipinski definition) is 11. The Morgan fingerprint density at radius 1 is 0.581 bits per heavy atom. The molecule has 0 radical (unpaired) electrons. The van der Waals surface area contributed by atoms with Crippen LogP contribution in [0.15, 0.2) is 85.1 Å². The fraction of sp³-hybridized carbons (Fsp3) is 0.652. The molecular formula is C46H76O14P2. The number of unbranched alkanes of at least 4 members (excludes halogenated alkanes) is 7. The van der Waals surface area contributed by atoms with Gasteiger partial charge in [-0.2, -0.15) is 0 Å².